The van der Waals surface area contributed by atoms with Gasteiger partial charge in [0.05, 0.1) is 17.2 Å². The van der Waals surface area contributed by atoms with E-state index in [0.29, 0.717) is 23.7 Å². The van der Waals surface area contributed by atoms with Crippen molar-refractivity contribution in [1.82, 2.24) is 10.3 Å². The summed E-state index contributed by atoms with van der Waals surface area (Å²) in [7, 11) is 1.65. The Morgan fingerprint density at radius 2 is 2.10 bits per heavy atom. The molecule has 2 aromatic rings. The molecule has 0 bridgehead atoms. The number of hydrogen-bond donors (Lipinski definition) is 1. The highest BCUT2D eigenvalue weighted by Gasteiger charge is 2.10. The molecule has 0 spiro atoms. The second kappa shape index (κ2) is 7.20. The first-order chi connectivity index (χ1) is 10.1. The van der Waals surface area contributed by atoms with Crippen LogP contribution in [0.2, 0.25) is 5.02 Å². The van der Waals surface area contributed by atoms with E-state index in [1.54, 1.807) is 13.2 Å². The van der Waals surface area contributed by atoms with Gasteiger partial charge >= 0.3 is 0 Å². The molecule has 5 heteroatoms. The fourth-order valence-electron chi connectivity index (χ4n) is 1.97. The molecule has 0 saturated heterocycles. The summed E-state index contributed by atoms with van der Waals surface area (Å²) in [6.07, 6.45) is 1.49. The van der Waals surface area contributed by atoms with E-state index in [1.807, 2.05) is 31.2 Å². The molecular weight excluding hydrogens is 288 g/mol. The predicted octanol–water partition coefficient (Wildman–Crippen LogP) is 3.12. The summed E-state index contributed by atoms with van der Waals surface area (Å²) in [5.74, 6) is -0.232. The first kappa shape index (κ1) is 15.5. The molecule has 1 heterocycles. The molecule has 1 N–H and O–H groups in total. The fraction of sp³-hybridized carbons (Fsp3) is 0.250. The number of nitrogens with one attached hydrogen (secondary N) is 1. The predicted molar refractivity (Wildman–Crippen MR) is 82.3 cm³/mol. The summed E-state index contributed by atoms with van der Waals surface area (Å²) < 4.78 is 5.09. The van der Waals surface area contributed by atoms with E-state index in [0.717, 1.165) is 16.8 Å². The molecule has 0 atom stereocenters. The molecule has 1 aromatic heterocycles. The number of carbonyl (C=O) groups excluding carboxylic acids is 1. The van der Waals surface area contributed by atoms with Crippen LogP contribution in [-0.2, 0) is 17.9 Å². The molecule has 0 aliphatic heterocycles. The number of pyridine rings is 1. The van der Waals surface area contributed by atoms with Crippen LogP contribution >= 0.6 is 11.6 Å². The van der Waals surface area contributed by atoms with Gasteiger partial charge < -0.3 is 10.1 Å². The van der Waals surface area contributed by atoms with Gasteiger partial charge in [-0.3, -0.25) is 9.78 Å². The molecule has 0 radical (unpaired) electrons. The van der Waals surface area contributed by atoms with Crippen molar-refractivity contribution in [2.45, 2.75) is 20.1 Å². The molecule has 1 aromatic carbocycles. The third-order valence-electron chi connectivity index (χ3n) is 2.99. The largest absolute Gasteiger partial charge is 0.380 e. The number of carbonyl (C=O) groups is 1. The van der Waals surface area contributed by atoms with E-state index in [9.17, 15) is 4.79 Å². The number of nitrogens with zero attached hydrogens (tertiary/aromatic N) is 1. The van der Waals surface area contributed by atoms with Crippen molar-refractivity contribution in [2.75, 3.05) is 7.11 Å². The van der Waals surface area contributed by atoms with Gasteiger partial charge in [-0.15, -0.1) is 0 Å². The van der Waals surface area contributed by atoms with Crippen LogP contribution in [0.1, 0.15) is 27.2 Å². The summed E-state index contributed by atoms with van der Waals surface area (Å²) >= 11 is 6.06. The fourth-order valence-corrected chi connectivity index (χ4v) is 2.26. The molecule has 110 valence electrons. The molecular formula is C16H17ClN2O2. The minimum atomic E-state index is -0.232. The van der Waals surface area contributed by atoms with Crippen LogP contribution in [0.5, 0.6) is 0 Å². The van der Waals surface area contributed by atoms with Gasteiger partial charge in [0.1, 0.15) is 0 Å². The van der Waals surface area contributed by atoms with Crippen molar-refractivity contribution >= 4 is 17.5 Å². The zero-order valence-corrected chi connectivity index (χ0v) is 12.8. The number of aromatic nitrogens is 1. The molecule has 21 heavy (non-hydrogen) atoms. The number of rotatable bonds is 5. The number of hydrogen-bond acceptors (Lipinski definition) is 3. The van der Waals surface area contributed by atoms with E-state index >= 15 is 0 Å². The lowest BCUT2D eigenvalue weighted by Crippen LogP contribution is -2.23. The van der Waals surface area contributed by atoms with Crippen molar-refractivity contribution in [1.29, 1.82) is 0 Å². The summed E-state index contributed by atoms with van der Waals surface area (Å²) in [6.45, 7) is 2.81. The first-order valence-corrected chi connectivity index (χ1v) is 6.95. The summed E-state index contributed by atoms with van der Waals surface area (Å²) in [5, 5.41) is 3.25. The average Bonchev–Trinajstić information content (AvgIpc) is 2.45. The molecule has 0 fully saturated rings. The standard InChI is InChI=1S/C16H17ClN2O2/c1-11-6-15(17)14(9-18-11)16(20)19-8-12-4-3-5-13(7-12)10-21-2/h3-7,9H,8,10H2,1-2H3,(H,19,20). The minimum Gasteiger partial charge on any atom is -0.380 e. The summed E-state index contributed by atoms with van der Waals surface area (Å²) in [4.78, 5) is 16.2. The highest BCUT2D eigenvalue weighted by Crippen LogP contribution is 2.15. The minimum absolute atomic E-state index is 0.232. The van der Waals surface area contributed by atoms with Gasteiger partial charge in [-0.05, 0) is 24.1 Å². The summed E-state index contributed by atoms with van der Waals surface area (Å²) in [5.41, 5.74) is 3.24. The van der Waals surface area contributed by atoms with Crippen LogP contribution in [-0.4, -0.2) is 18.0 Å². The average molecular weight is 305 g/mol. The van der Waals surface area contributed by atoms with Gasteiger partial charge in [-0.25, -0.2) is 0 Å². The third kappa shape index (κ3) is 4.28. The van der Waals surface area contributed by atoms with Crippen molar-refractivity contribution in [3.8, 4) is 0 Å². The number of halogens is 1. The number of aryl methyl sites for hydroxylation is 1. The Hall–Kier alpha value is -1.91. The Morgan fingerprint density at radius 3 is 2.81 bits per heavy atom. The highest BCUT2D eigenvalue weighted by atomic mass is 35.5. The van der Waals surface area contributed by atoms with Crippen molar-refractivity contribution in [2.24, 2.45) is 0 Å². The maximum atomic E-state index is 12.1. The third-order valence-corrected chi connectivity index (χ3v) is 3.30. The zero-order chi connectivity index (χ0) is 15.2. The lowest BCUT2D eigenvalue weighted by Gasteiger charge is -2.08. The first-order valence-electron chi connectivity index (χ1n) is 6.57. The number of methoxy groups -OCH3 is 1. The smallest absolute Gasteiger partial charge is 0.254 e. The molecule has 0 unspecified atom stereocenters. The van der Waals surface area contributed by atoms with Gasteiger partial charge in [0.25, 0.3) is 5.91 Å². The van der Waals surface area contributed by atoms with Crippen molar-refractivity contribution < 1.29 is 9.53 Å². The summed E-state index contributed by atoms with van der Waals surface area (Å²) in [6, 6.07) is 9.55. The van der Waals surface area contributed by atoms with Gasteiger partial charge in [0, 0.05) is 25.5 Å². The Labute approximate surface area is 129 Å². The Morgan fingerprint density at radius 1 is 1.33 bits per heavy atom. The normalized spacial score (nSPS) is 10.4. The van der Waals surface area contributed by atoms with E-state index in [4.69, 9.17) is 16.3 Å². The number of amides is 1. The lowest BCUT2D eigenvalue weighted by molar-refractivity contribution is 0.0950. The monoisotopic (exact) mass is 304 g/mol. The van der Waals surface area contributed by atoms with Crippen molar-refractivity contribution in [3.63, 3.8) is 0 Å². The van der Waals surface area contributed by atoms with E-state index < -0.39 is 0 Å². The van der Waals surface area contributed by atoms with Gasteiger partial charge in [0.15, 0.2) is 0 Å². The van der Waals surface area contributed by atoms with Crippen molar-refractivity contribution in [3.05, 3.63) is 63.9 Å². The Kier molecular flexibility index (Phi) is 5.31. The highest BCUT2D eigenvalue weighted by molar-refractivity contribution is 6.33. The van der Waals surface area contributed by atoms with Crippen LogP contribution < -0.4 is 5.32 Å². The Bertz CT molecular complexity index is 644. The zero-order valence-electron chi connectivity index (χ0n) is 12.0. The molecule has 1 amide bonds. The molecule has 0 aliphatic carbocycles. The van der Waals surface area contributed by atoms with Crippen LogP contribution in [0.25, 0.3) is 0 Å². The van der Waals surface area contributed by atoms with Crippen LogP contribution in [0.15, 0.2) is 36.5 Å². The van der Waals surface area contributed by atoms with Gasteiger partial charge in [-0.2, -0.15) is 0 Å². The Balaban J connectivity index is 2.02. The second-order valence-electron chi connectivity index (χ2n) is 4.74. The van der Waals surface area contributed by atoms with E-state index in [2.05, 4.69) is 10.3 Å². The second-order valence-corrected chi connectivity index (χ2v) is 5.15. The molecule has 4 nitrogen and oxygen atoms in total. The van der Waals surface area contributed by atoms with Crippen LogP contribution in [0.4, 0.5) is 0 Å². The topological polar surface area (TPSA) is 51.2 Å². The molecule has 2 rings (SSSR count). The van der Waals surface area contributed by atoms with Gasteiger partial charge in [0.2, 0.25) is 0 Å². The van der Waals surface area contributed by atoms with E-state index in [1.165, 1.54) is 6.20 Å². The SMILES string of the molecule is COCc1cccc(CNC(=O)c2cnc(C)cc2Cl)c1. The van der Waals surface area contributed by atoms with E-state index in [-0.39, 0.29) is 5.91 Å². The van der Waals surface area contributed by atoms with Crippen LogP contribution in [0.3, 0.4) is 0 Å². The molecule has 0 saturated carbocycles. The maximum absolute atomic E-state index is 12.1. The lowest BCUT2D eigenvalue weighted by atomic mass is 10.1. The maximum Gasteiger partial charge on any atom is 0.254 e. The quantitative estimate of drug-likeness (QED) is 0.923. The van der Waals surface area contributed by atoms with Crippen LogP contribution in [0, 0.1) is 6.92 Å². The molecule has 0 aliphatic rings. The number of ether oxygens (including phenoxy) is 1. The number of benzene rings is 1. The van der Waals surface area contributed by atoms with Gasteiger partial charge in [-0.1, -0.05) is 35.9 Å².